The van der Waals surface area contributed by atoms with Gasteiger partial charge in [0.25, 0.3) is 0 Å². The summed E-state index contributed by atoms with van der Waals surface area (Å²) in [5.74, 6) is 0. The van der Waals surface area contributed by atoms with E-state index in [1.54, 1.807) is 0 Å². The van der Waals surface area contributed by atoms with Gasteiger partial charge >= 0.3 is 0 Å². The first-order valence-corrected chi connectivity index (χ1v) is 19.7. The molecule has 0 bridgehead atoms. The number of anilines is 6. The third-order valence-electron chi connectivity index (χ3n) is 9.89. The first-order valence-electron chi connectivity index (χ1n) is 19.7. The largest absolute Gasteiger partial charge is 0.311 e. The van der Waals surface area contributed by atoms with Crippen LogP contribution in [0.3, 0.4) is 0 Å². The van der Waals surface area contributed by atoms with E-state index in [4.69, 9.17) is 0 Å². The predicted molar refractivity (Wildman–Crippen MR) is 250 cm³/mol. The fraction of sp³-hybridized carbons (Fsp3) is 0. The van der Waals surface area contributed by atoms with Gasteiger partial charge in [0.15, 0.2) is 0 Å². The van der Waals surface area contributed by atoms with Crippen LogP contribution in [0.25, 0.3) is 35.4 Å². The molecule has 58 heavy (non-hydrogen) atoms. The second-order valence-corrected chi connectivity index (χ2v) is 13.9. The Morgan fingerprint density at radius 2 is 0.431 bits per heavy atom. The van der Waals surface area contributed by atoms with Crippen molar-refractivity contribution >= 4 is 58.4 Å². The Balaban J connectivity index is 0.994. The summed E-state index contributed by atoms with van der Waals surface area (Å²) in [5, 5.41) is 0. The van der Waals surface area contributed by atoms with Crippen LogP contribution in [-0.2, 0) is 0 Å². The number of allylic oxidation sites excluding steroid dienone is 4. The summed E-state index contributed by atoms with van der Waals surface area (Å²) in [5.41, 5.74) is 13.6. The Bertz CT molecular complexity index is 2400. The molecule has 8 aromatic carbocycles. The lowest BCUT2D eigenvalue weighted by Crippen LogP contribution is -2.10. The lowest BCUT2D eigenvalue weighted by molar-refractivity contribution is 1.28. The number of hydrogen-bond donors (Lipinski definition) is 0. The Hall–Kier alpha value is -7.68. The van der Waals surface area contributed by atoms with Gasteiger partial charge in [-0.15, -0.1) is 0 Å². The van der Waals surface area contributed by atoms with Crippen LogP contribution in [0.5, 0.6) is 0 Å². The van der Waals surface area contributed by atoms with Crippen molar-refractivity contribution in [2.75, 3.05) is 9.80 Å². The summed E-state index contributed by atoms with van der Waals surface area (Å²) in [7, 11) is 0. The summed E-state index contributed by atoms with van der Waals surface area (Å²) in [4.78, 5) is 4.60. The van der Waals surface area contributed by atoms with Gasteiger partial charge in [-0.3, -0.25) is 0 Å². The average Bonchev–Trinajstić information content (AvgIpc) is 3.30. The minimum absolute atomic E-state index is 1.10. The topological polar surface area (TPSA) is 6.48 Å². The summed E-state index contributed by atoms with van der Waals surface area (Å²) in [6.07, 6.45) is 16.8. The third-order valence-corrected chi connectivity index (χ3v) is 9.89. The zero-order valence-electron chi connectivity index (χ0n) is 32.3. The molecule has 8 rings (SSSR count). The molecule has 0 aliphatic carbocycles. The molecule has 0 N–H and O–H groups in total. The van der Waals surface area contributed by atoms with Crippen molar-refractivity contribution in [2.24, 2.45) is 0 Å². The molecule has 0 aliphatic rings. The second-order valence-electron chi connectivity index (χ2n) is 13.9. The molecule has 0 unspecified atom stereocenters. The van der Waals surface area contributed by atoms with Gasteiger partial charge in [-0.1, -0.05) is 194 Å². The van der Waals surface area contributed by atoms with Gasteiger partial charge in [-0.2, -0.15) is 0 Å². The van der Waals surface area contributed by atoms with E-state index in [1.165, 1.54) is 11.1 Å². The normalized spacial score (nSPS) is 11.5. The van der Waals surface area contributed by atoms with Crippen LogP contribution in [0.15, 0.2) is 243 Å². The Labute approximate surface area is 343 Å². The van der Waals surface area contributed by atoms with E-state index >= 15 is 0 Å². The van der Waals surface area contributed by atoms with Gasteiger partial charge in [-0.05, 0) is 106 Å². The molecule has 0 spiro atoms. The van der Waals surface area contributed by atoms with E-state index in [9.17, 15) is 0 Å². The molecule has 0 amide bonds. The number of rotatable bonds is 13. The molecule has 0 atom stereocenters. The van der Waals surface area contributed by atoms with Crippen LogP contribution in [0, 0.1) is 0 Å². The highest BCUT2D eigenvalue weighted by atomic mass is 15.1. The number of para-hydroxylation sites is 2. The van der Waals surface area contributed by atoms with Crippen LogP contribution >= 0.6 is 0 Å². The summed E-state index contributed by atoms with van der Waals surface area (Å²) in [6.45, 7) is 0. The minimum Gasteiger partial charge on any atom is -0.311 e. The highest BCUT2D eigenvalue weighted by Gasteiger charge is 2.14. The summed E-state index contributed by atoms with van der Waals surface area (Å²) in [6, 6.07) is 76.9. The molecule has 0 aliphatic heterocycles. The second kappa shape index (κ2) is 18.8. The van der Waals surface area contributed by atoms with Gasteiger partial charge in [0.1, 0.15) is 0 Å². The molecule has 0 fully saturated rings. The van der Waals surface area contributed by atoms with Crippen LogP contribution in [0.2, 0.25) is 0 Å². The van der Waals surface area contributed by atoms with Crippen molar-refractivity contribution in [3.63, 3.8) is 0 Å². The van der Waals surface area contributed by atoms with Gasteiger partial charge < -0.3 is 9.80 Å². The zero-order valence-corrected chi connectivity index (χ0v) is 32.3. The molecule has 0 aromatic heterocycles. The molecule has 0 saturated carbocycles. The highest BCUT2D eigenvalue weighted by molar-refractivity contribution is 5.81. The van der Waals surface area contributed by atoms with Crippen molar-refractivity contribution in [3.8, 4) is 11.1 Å². The number of hydrogen-bond acceptors (Lipinski definition) is 2. The van der Waals surface area contributed by atoms with Gasteiger partial charge in [-0.25, -0.2) is 0 Å². The van der Waals surface area contributed by atoms with Crippen molar-refractivity contribution < 1.29 is 0 Å². The summed E-state index contributed by atoms with van der Waals surface area (Å²) >= 11 is 0. The van der Waals surface area contributed by atoms with E-state index in [-0.39, 0.29) is 0 Å². The van der Waals surface area contributed by atoms with Crippen LogP contribution in [0.4, 0.5) is 34.1 Å². The molecular formula is C56H44N2. The number of benzene rings is 8. The number of nitrogens with zero attached hydrogens (tertiary/aromatic N) is 2. The Morgan fingerprint density at radius 3 is 0.724 bits per heavy atom. The molecule has 0 heterocycles. The Kier molecular flexibility index (Phi) is 12.1. The van der Waals surface area contributed by atoms with E-state index in [0.717, 1.165) is 56.4 Å². The Morgan fingerprint density at radius 1 is 0.207 bits per heavy atom. The fourth-order valence-electron chi connectivity index (χ4n) is 6.92. The fourth-order valence-corrected chi connectivity index (χ4v) is 6.92. The minimum atomic E-state index is 1.10. The molecule has 278 valence electrons. The maximum atomic E-state index is 2.30. The average molecular weight is 745 g/mol. The highest BCUT2D eigenvalue weighted by Crippen LogP contribution is 2.38. The quantitative estimate of drug-likeness (QED) is 0.108. The molecule has 2 nitrogen and oxygen atoms in total. The van der Waals surface area contributed by atoms with Gasteiger partial charge in [0, 0.05) is 34.1 Å². The third kappa shape index (κ3) is 9.57. The van der Waals surface area contributed by atoms with Gasteiger partial charge in [0.05, 0.1) is 0 Å². The van der Waals surface area contributed by atoms with Crippen LogP contribution in [-0.4, -0.2) is 0 Å². The lowest BCUT2D eigenvalue weighted by atomic mass is 10.0. The van der Waals surface area contributed by atoms with Gasteiger partial charge in [0.2, 0.25) is 0 Å². The van der Waals surface area contributed by atoms with E-state index < -0.39 is 0 Å². The summed E-state index contributed by atoms with van der Waals surface area (Å²) < 4.78 is 0. The van der Waals surface area contributed by atoms with E-state index in [0.29, 0.717) is 0 Å². The first kappa shape index (κ1) is 37.3. The molecule has 0 saturated heterocycles. The van der Waals surface area contributed by atoms with Crippen molar-refractivity contribution in [3.05, 3.63) is 265 Å². The van der Waals surface area contributed by atoms with Crippen molar-refractivity contribution in [1.29, 1.82) is 0 Å². The van der Waals surface area contributed by atoms with E-state index in [2.05, 4.69) is 265 Å². The van der Waals surface area contributed by atoms with E-state index in [1.807, 2.05) is 12.1 Å². The monoisotopic (exact) mass is 744 g/mol. The first-order chi connectivity index (χ1) is 28.8. The zero-order chi connectivity index (χ0) is 39.2. The smallest absolute Gasteiger partial charge is 0.0462 e. The molecule has 0 radical (unpaired) electrons. The van der Waals surface area contributed by atoms with Crippen molar-refractivity contribution in [1.82, 2.24) is 0 Å². The van der Waals surface area contributed by atoms with Crippen molar-refractivity contribution in [2.45, 2.75) is 0 Å². The molecule has 2 heteroatoms. The lowest BCUT2D eigenvalue weighted by Gasteiger charge is -2.26. The maximum Gasteiger partial charge on any atom is 0.0462 e. The standard InChI is InChI=1S/C56H44N2/c1-5-17-45(18-6-1)21-13-15-23-47-29-37-53(38-30-47)57(51-25-9-3-10-26-51)55-41-33-49(34-42-55)50-35-43-56(44-36-50)58(52-27-11-4-12-28-52)54-39-31-48(32-40-54)24-16-14-22-46-19-7-2-8-20-46/h1-44H/b21-13-,22-14-,23-15-,24-16+. The van der Waals surface area contributed by atoms with Crippen LogP contribution < -0.4 is 9.80 Å². The molecular weight excluding hydrogens is 701 g/mol. The SMILES string of the molecule is C(/C=C\c1ccc(N(c2ccccc2)c2ccc(-c3ccc(N(c4ccccc4)c4ccc(/C=C/C=C\c5ccccc5)cc4)cc3)cc2)cc1)=C/c1ccccc1. The molecule has 8 aromatic rings. The van der Waals surface area contributed by atoms with Crippen LogP contribution in [0.1, 0.15) is 22.3 Å². The maximum absolute atomic E-state index is 2.30. The predicted octanol–water partition coefficient (Wildman–Crippen LogP) is 15.7.